The first-order chi connectivity index (χ1) is 6.24. The fraction of sp³-hybridized carbons (Fsp3) is 0.444. The molecule has 0 spiro atoms. The van der Waals surface area contributed by atoms with E-state index in [0.717, 1.165) is 5.56 Å². The van der Waals surface area contributed by atoms with Crippen LogP contribution in [0.3, 0.4) is 0 Å². The first kappa shape index (κ1) is 9.46. The maximum absolute atomic E-state index is 8.31. The Labute approximate surface area is 77.2 Å². The van der Waals surface area contributed by atoms with Crippen molar-refractivity contribution in [3.05, 3.63) is 17.6 Å². The lowest BCUT2D eigenvalue weighted by molar-refractivity contribution is 0.310. The van der Waals surface area contributed by atoms with Crippen LogP contribution in [0.25, 0.3) is 0 Å². The number of ether oxygens (including phenoxy) is 1. The second-order valence-electron chi connectivity index (χ2n) is 2.66. The highest BCUT2D eigenvalue weighted by molar-refractivity contribution is 5.21. The van der Waals surface area contributed by atoms with E-state index in [0.29, 0.717) is 24.7 Å². The number of hydrogen-bond acceptors (Lipinski definition) is 4. The molecule has 0 aromatic carbocycles. The number of aryl methyl sites for hydroxylation is 2. The zero-order valence-corrected chi connectivity index (χ0v) is 7.74. The molecule has 1 heterocycles. The van der Waals surface area contributed by atoms with Crippen LogP contribution >= 0.6 is 0 Å². The Morgan fingerprint density at radius 3 is 3.00 bits per heavy atom. The third-order valence-electron chi connectivity index (χ3n) is 1.50. The summed E-state index contributed by atoms with van der Waals surface area (Å²) in [4.78, 5) is 8.11. The number of hydrogen-bond donors (Lipinski definition) is 0. The van der Waals surface area contributed by atoms with Gasteiger partial charge in [0.1, 0.15) is 12.4 Å². The van der Waals surface area contributed by atoms with Gasteiger partial charge >= 0.3 is 0 Å². The SMILES string of the molecule is Cc1ncc(C)c(OCCC#N)n1. The third-order valence-corrected chi connectivity index (χ3v) is 1.50. The lowest BCUT2D eigenvalue weighted by atomic mass is 10.3. The highest BCUT2D eigenvalue weighted by atomic mass is 16.5. The molecule has 4 heteroatoms. The van der Waals surface area contributed by atoms with Gasteiger partial charge in [0, 0.05) is 11.8 Å². The maximum Gasteiger partial charge on any atom is 0.219 e. The van der Waals surface area contributed by atoms with Gasteiger partial charge in [0.2, 0.25) is 5.88 Å². The van der Waals surface area contributed by atoms with E-state index in [4.69, 9.17) is 10.00 Å². The van der Waals surface area contributed by atoms with Gasteiger partial charge in [-0.05, 0) is 13.8 Å². The lowest BCUT2D eigenvalue weighted by Crippen LogP contribution is -2.01. The first-order valence-electron chi connectivity index (χ1n) is 4.04. The van der Waals surface area contributed by atoms with Crippen LogP contribution in [0.15, 0.2) is 6.20 Å². The van der Waals surface area contributed by atoms with Gasteiger partial charge in [0.05, 0.1) is 12.5 Å². The largest absolute Gasteiger partial charge is 0.476 e. The van der Waals surface area contributed by atoms with Crippen LogP contribution in [0.5, 0.6) is 5.88 Å². The predicted molar refractivity (Wildman–Crippen MR) is 47.2 cm³/mol. The molecule has 0 unspecified atom stereocenters. The van der Waals surface area contributed by atoms with E-state index < -0.39 is 0 Å². The molecule has 13 heavy (non-hydrogen) atoms. The van der Waals surface area contributed by atoms with Crippen molar-refractivity contribution in [2.24, 2.45) is 0 Å². The molecule has 0 N–H and O–H groups in total. The summed E-state index contributed by atoms with van der Waals surface area (Å²) in [6, 6.07) is 2.00. The molecule has 4 nitrogen and oxygen atoms in total. The molecule has 0 radical (unpaired) electrons. The molecule has 1 aromatic rings. The fourth-order valence-corrected chi connectivity index (χ4v) is 0.849. The van der Waals surface area contributed by atoms with Crippen molar-refractivity contribution in [2.45, 2.75) is 20.3 Å². The molecule has 0 amide bonds. The van der Waals surface area contributed by atoms with Crippen molar-refractivity contribution in [1.82, 2.24) is 9.97 Å². The second-order valence-corrected chi connectivity index (χ2v) is 2.66. The summed E-state index contributed by atoms with van der Waals surface area (Å²) in [6.07, 6.45) is 2.09. The zero-order valence-electron chi connectivity index (χ0n) is 7.74. The van der Waals surface area contributed by atoms with Gasteiger partial charge in [-0.3, -0.25) is 0 Å². The van der Waals surface area contributed by atoms with Crippen LogP contribution in [0.2, 0.25) is 0 Å². The summed E-state index contributed by atoms with van der Waals surface area (Å²) in [5.74, 6) is 1.25. The molecule has 0 atom stereocenters. The van der Waals surface area contributed by atoms with Crippen molar-refractivity contribution < 1.29 is 4.74 Å². The molecule has 0 aliphatic carbocycles. The van der Waals surface area contributed by atoms with E-state index in [1.807, 2.05) is 13.0 Å². The van der Waals surface area contributed by atoms with Crippen molar-refractivity contribution in [2.75, 3.05) is 6.61 Å². The number of nitriles is 1. The van der Waals surface area contributed by atoms with Crippen LogP contribution in [0.1, 0.15) is 17.8 Å². The number of aromatic nitrogens is 2. The Hall–Kier alpha value is -1.63. The molecular weight excluding hydrogens is 166 g/mol. The van der Waals surface area contributed by atoms with Crippen molar-refractivity contribution in [3.8, 4) is 11.9 Å². The molecule has 0 aliphatic heterocycles. The van der Waals surface area contributed by atoms with E-state index in [1.165, 1.54) is 0 Å². The molecule has 68 valence electrons. The average molecular weight is 177 g/mol. The van der Waals surface area contributed by atoms with Gasteiger partial charge < -0.3 is 4.74 Å². The van der Waals surface area contributed by atoms with Crippen LogP contribution in [0.4, 0.5) is 0 Å². The van der Waals surface area contributed by atoms with Gasteiger partial charge in [-0.2, -0.15) is 10.2 Å². The van der Waals surface area contributed by atoms with E-state index in [-0.39, 0.29) is 0 Å². The Morgan fingerprint density at radius 1 is 1.54 bits per heavy atom. The highest BCUT2D eigenvalue weighted by Gasteiger charge is 2.01. The minimum atomic E-state index is 0.377. The molecule has 0 bridgehead atoms. The van der Waals surface area contributed by atoms with E-state index in [2.05, 4.69) is 9.97 Å². The summed E-state index contributed by atoms with van der Waals surface area (Å²) >= 11 is 0. The Bertz CT molecular complexity index is 330. The van der Waals surface area contributed by atoms with E-state index in [1.54, 1.807) is 13.1 Å². The van der Waals surface area contributed by atoms with Crippen LogP contribution in [-0.2, 0) is 0 Å². The van der Waals surface area contributed by atoms with E-state index >= 15 is 0 Å². The number of nitrogens with zero attached hydrogens (tertiary/aromatic N) is 3. The van der Waals surface area contributed by atoms with Crippen LogP contribution < -0.4 is 4.74 Å². The molecule has 0 aliphatic rings. The van der Waals surface area contributed by atoms with Gasteiger partial charge in [0.15, 0.2) is 0 Å². The Balaban J connectivity index is 2.65. The monoisotopic (exact) mass is 177 g/mol. The molecule has 0 fully saturated rings. The molecular formula is C9H11N3O. The minimum Gasteiger partial charge on any atom is -0.476 e. The second kappa shape index (κ2) is 4.41. The molecule has 0 saturated carbocycles. The zero-order chi connectivity index (χ0) is 9.68. The van der Waals surface area contributed by atoms with Gasteiger partial charge in [-0.25, -0.2) is 4.98 Å². The lowest BCUT2D eigenvalue weighted by Gasteiger charge is -2.05. The fourth-order valence-electron chi connectivity index (χ4n) is 0.849. The first-order valence-corrected chi connectivity index (χ1v) is 4.04. The van der Waals surface area contributed by atoms with Crippen LogP contribution in [-0.4, -0.2) is 16.6 Å². The summed E-state index contributed by atoms with van der Waals surface area (Å²) < 4.78 is 5.28. The van der Waals surface area contributed by atoms with Gasteiger partial charge in [0.25, 0.3) is 0 Å². The Kier molecular flexibility index (Phi) is 3.21. The average Bonchev–Trinajstić information content (AvgIpc) is 2.11. The van der Waals surface area contributed by atoms with Crippen molar-refractivity contribution in [1.29, 1.82) is 5.26 Å². The van der Waals surface area contributed by atoms with Crippen LogP contribution in [0, 0.1) is 25.2 Å². The quantitative estimate of drug-likeness (QED) is 0.654. The summed E-state index contributed by atoms with van der Waals surface area (Å²) in [6.45, 7) is 4.06. The third kappa shape index (κ3) is 2.71. The number of rotatable bonds is 3. The topological polar surface area (TPSA) is 58.8 Å². The molecule has 1 aromatic heterocycles. The summed E-state index contributed by atoms with van der Waals surface area (Å²) in [5.41, 5.74) is 0.892. The van der Waals surface area contributed by atoms with Gasteiger partial charge in [-0.1, -0.05) is 0 Å². The normalized spacial score (nSPS) is 9.31. The van der Waals surface area contributed by atoms with Crippen molar-refractivity contribution in [3.63, 3.8) is 0 Å². The van der Waals surface area contributed by atoms with Crippen molar-refractivity contribution >= 4 is 0 Å². The highest BCUT2D eigenvalue weighted by Crippen LogP contribution is 2.12. The molecule has 0 saturated heterocycles. The smallest absolute Gasteiger partial charge is 0.219 e. The maximum atomic E-state index is 8.31. The standard InChI is InChI=1S/C9H11N3O/c1-7-6-11-8(2)12-9(7)13-5-3-4-10/h6H,3,5H2,1-2H3. The van der Waals surface area contributed by atoms with E-state index in [9.17, 15) is 0 Å². The summed E-state index contributed by atoms with van der Waals surface area (Å²) in [5, 5.41) is 8.31. The summed E-state index contributed by atoms with van der Waals surface area (Å²) in [7, 11) is 0. The predicted octanol–water partition coefficient (Wildman–Crippen LogP) is 1.39. The Morgan fingerprint density at radius 2 is 2.31 bits per heavy atom. The minimum absolute atomic E-state index is 0.377. The molecule has 1 rings (SSSR count). The van der Waals surface area contributed by atoms with Gasteiger partial charge in [-0.15, -0.1) is 0 Å².